The molecule has 16 rings (SSSR count). The largest absolute Gasteiger partial charge is 0.484 e. The number of halogens is 2. The van der Waals surface area contributed by atoms with E-state index in [4.69, 9.17) is 48.1 Å². The van der Waals surface area contributed by atoms with Gasteiger partial charge < -0.3 is 65.1 Å². The highest BCUT2D eigenvalue weighted by Crippen LogP contribution is 2.42. The van der Waals surface area contributed by atoms with E-state index in [2.05, 4.69) is 67.9 Å². The molecule has 15 bridgehead atoms. The van der Waals surface area contributed by atoms with E-state index in [9.17, 15) is 51.9 Å². The summed E-state index contributed by atoms with van der Waals surface area (Å²) in [6.45, 7) is 29.1. The first-order chi connectivity index (χ1) is 62.3. The average molecular weight is 1790 g/mol. The quantitative estimate of drug-likeness (QED) is 0.0791. The number of benzene rings is 3. The Morgan fingerprint density at radius 2 is 0.715 bits per heavy atom. The lowest BCUT2D eigenvalue weighted by Crippen LogP contribution is -2.61. The first-order valence-electron chi connectivity index (χ1n) is 45.3. The van der Waals surface area contributed by atoms with E-state index >= 15 is 0 Å². The van der Waals surface area contributed by atoms with Gasteiger partial charge in [-0.2, -0.15) is 0 Å². The van der Waals surface area contributed by atoms with Crippen molar-refractivity contribution in [1.82, 2.24) is 78.2 Å². The average Bonchev–Trinajstić information content (AvgIpc) is 1.47. The van der Waals surface area contributed by atoms with Gasteiger partial charge in [-0.15, -0.1) is 0 Å². The molecule has 11 heterocycles. The summed E-state index contributed by atoms with van der Waals surface area (Å²) in [5.41, 5.74) is 13.8. The maximum atomic E-state index is 13.8. The summed E-state index contributed by atoms with van der Waals surface area (Å²) in [7, 11) is 0. The van der Waals surface area contributed by atoms with Crippen molar-refractivity contribution < 1.29 is 85.1 Å². The third kappa shape index (κ3) is 22.7. The zero-order valence-corrected chi connectivity index (χ0v) is 75.1. The van der Waals surface area contributed by atoms with Crippen LogP contribution in [0.15, 0.2) is 146 Å². The summed E-state index contributed by atoms with van der Waals surface area (Å²) < 4.78 is 68.4. The van der Waals surface area contributed by atoms with Crippen LogP contribution in [0.5, 0.6) is 0 Å². The molecule has 130 heavy (non-hydrogen) atoms. The molecule has 10 aliphatic rings. The summed E-state index contributed by atoms with van der Waals surface area (Å²) in [6, 6.07) is 23.7. The molecular weight excluding hydrogens is 1670 g/mol. The van der Waals surface area contributed by atoms with Crippen LogP contribution in [-0.2, 0) is 76.3 Å². The Labute approximate surface area is 755 Å². The third-order valence-corrected chi connectivity index (χ3v) is 26.0. The molecule has 3 aromatic carbocycles. The van der Waals surface area contributed by atoms with Gasteiger partial charge in [-0.3, -0.25) is 73.1 Å². The number of amides is 9. The minimum absolute atomic E-state index is 0.00560. The Balaban J connectivity index is 0.000000158. The molecule has 33 heteroatoms. The van der Waals surface area contributed by atoms with Gasteiger partial charge in [-0.1, -0.05) is 130 Å². The van der Waals surface area contributed by atoms with Gasteiger partial charge in [0.15, 0.2) is 18.3 Å². The number of carbonyl (C=O) groups excluding carboxylic acids is 9. The molecule has 2 aliphatic carbocycles. The molecule has 7 fully saturated rings. The van der Waals surface area contributed by atoms with Crippen LogP contribution in [0.1, 0.15) is 197 Å². The van der Waals surface area contributed by atoms with Gasteiger partial charge in [0.1, 0.15) is 61.4 Å². The van der Waals surface area contributed by atoms with E-state index in [-0.39, 0.29) is 111 Å². The highest BCUT2D eigenvalue weighted by Gasteiger charge is 2.46. The van der Waals surface area contributed by atoms with Crippen LogP contribution in [0.4, 0.5) is 8.78 Å². The standard InChI is InChI=1S/C34H43N5O6.C33H41N5O6.C30H37F2N5O4/c1-21-27-13-12-25-11-10-24(17-29(25)37-27)14-15-34(18-43-20-44-19-34)23(3)45-30(26-7-4-5-8-26)32(41)36-22(2)33(42)39-16-6-9-28(38-39)31(40)35-21;1-20-26-12-11-24-10-9-23(16-28(24)36-26)13-14-33(17-42-19-43-18-33)22(3)44-29(25-6-4-7-25)31(40)35-21(2)32(41)38-15-5-8-27(37-38)30(39)34-20;1-17-22-11-10-21-9-8-20(15-24(21)35-22)12-13-30(4,5)19(3)41-25(16-26(31)32)28(39)34-18(2)29(40)37-14-6-7-23(36-37)27(38)33-17/h10-15,17,21-22,26,28,30,38H,3-9,16,18-20H2,1-2H3,(H,35,40)(H,36,41);9-14,16,20-21,25,27,29,37H,3-8,15,17-19H2,1-2H3,(H,34,39)(H,35,40);8-13,15,17-18,23,25-26,36H,3,6-7,14,16H2,1-2,4-5H3,(H,33,38)(H,34,39)/b15-14+;14-13+;13-12+/t21-,22+,28+,30+;20-,21+,27+,29+;17-,18+,23+,25+/m111/s1. The van der Waals surface area contributed by atoms with Crippen LogP contribution in [0.25, 0.3) is 50.9 Å². The number of fused-ring (bicyclic) bond motifs is 12. The second-order valence-electron chi connectivity index (χ2n) is 36.4. The number of nitrogens with zero attached hydrogens (tertiary/aromatic N) is 6. The molecule has 9 N–H and O–H groups in total. The van der Waals surface area contributed by atoms with Crippen molar-refractivity contribution in [3.8, 4) is 0 Å². The van der Waals surface area contributed by atoms with Gasteiger partial charge in [0.05, 0.1) is 101 Å². The van der Waals surface area contributed by atoms with Crippen molar-refractivity contribution in [1.29, 1.82) is 0 Å². The van der Waals surface area contributed by atoms with E-state index in [0.29, 0.717) is 75.4 Å². The monoisotopic (exact) mass is 1790 g/mol. The molecule has 2 spiro atoms. The molecule has 0 radical (unpaired) electrons. The first kappa shape index (κ1) is 94.7. The van der Waals surface area contributed by atoms with Gasteiger partial charge in [0, 0.05) is 53.0 Å². The van der Waals surface area contributed by atoms with Crippen molar-refractivity contribution in [3.63, 3.8) is 0 Å². The number of aromatic nitrogens is 3. The van der Waals surface area contributed by atoms with Gasteiger partial charge in [-0.05, 0) is 173 Å². The normalized spacial score (nSPS) is 28.6. The Morgan fingerprint density at radius 1 is 0.392 bits per heavy atom. The van der Waals surface area contributed by atoms with Crippen molar-refractivity contribution in [2.24, 2.45) is 28.1 Å². The molecule has 31 nitrogen and oxygen atoms in total. The number of alkyl halides is 2. The summed E-state index contributed by atoms with van der Waals surface area (Å²) in [6.07, 6.45) is 14.6. The van der Waals surface area contributed by atoms with Crippen LogP contribution in [-0.4, -0.2) is 204 Å². The highest BCUT2D eigenvalue weighted by molar-refractivity contribution is 5.93. The summed E-state index contributed by atoms with van der Waals surface area (Å²) >= 11 is 0. The van der Waals surface area contributed by atoms with Crippen molar-refractivity contribution >= 4 is 104 Å². The number of rotatable bonds is 4. The zero-order valence-electron chi connectivity index (χ0n) is 75.1. The summed E-state index contributed by atoms with van der Waals surface area (Å²) in [5, 5.41) is 24.4. The number of nitrogens with one attached hydrogen (secondary N) is 9. The fraction of sp³-hybridized carbons (Fsp3) is 0.505. The maximum absolute atomic E-state index is 13.8. The molecular formula is C97H121F2N15O16. The predicted octanol–water partition coefficient (Wildman–Crippen LogP) is 10.7. The fourth-order valence-electron chi connectivity index (χ4n) is 17.5. The van der Waals surface area contributed by atoms with Gasteiger partial charge in [-0.25, -0.2) is 25.1 Å². The summed E-state index contributed by atoms with van der Waals surface area (Å²) in [5.74, 6) is -2.54. The minimum atomic E-state index is -2.82. The SMILES string of the molecule is C=C1O[C@@H](C2CCC2)C(=O)N[C@@H](C)C(=O)N2CCC[C@H](N2)C(=O)N[C@H](C)c2ccc3ccc(cc3n2)/C=C/C12COCOC2.C=C1O[C@@H](C2CCCC2)C(=O)N[C@@H](C)C(=O)N2CCC[C@H](N2)C(=O)N[C@H](C)c2ccc3ccc(cc3n2)/C=C/C12COCOC2.C=C1O[C@@H](CC(F)F)C(=O)N[C@@H](C)C(=O)N2CCC[C@H](N2)C(=O)N[C@H](C)c2ccc3ccc(cc3n2)/C=C/C1(C)C. The number of hydrogen-bond acceptors (Lipinski definition) is 22. The van der Waals surface area contributed by atoms with E-state index < -0.39 is 102 Å². The fourth-order valence-corrected chi connectivity index (χ4v) is 17.5. The van der Waals surface area contributed by atoms with Crippen molar-refractivity contribution in [2.75, 3.05) is 59.6 Å². The molecule has 12 atom stereocenters. The lowest BCUT2D eigenvalue weighted by molar-refractivity contribution is -0.160. The van der Waals surface area contributed by atoms with Gasteiger partial charge in [0.25, 0.3) is 35.4 Å². The Bertz CT molecular complexity index is 5330. The van der Waals surface area contributed by atoms with Crippen molar-refractivity contribution in [2.45, 2.75) is 224 Å². The Hall–Kier alpha value is -11.5. The number of hydrogen-bond donors (Lipinski definition) is 9. The molecule has 6 aromatic rings. The van der Waals surface area contributed by atoms with Gasteiger partial charge >= 0.3 is 0 Å². The number of ether oxygens (including phenoxy) is 7. The van der Waals surface area contributed by atoms with Crippen LogP contribution in [0.3, 0.4) is 0 Å². The smallest absolute Gasteiger partial charge is 0.261 e. The van der Waals surface area contributed by atoms with Crippen LogP contribution >= 0.6 is 0 Å². The zero-order chi connectivity index (χ0) is 92.3. The lowest BCUT2D eigenvalue weighted by Gasteiger charge is -2.40. The lowest BCUT2D eigenvalue weighted by atomic mass is 9.80. The molecule has 3 aromatic heterocycles. The number of pyridine rings is 3. The van der Waals surface area contributed by atoms with E-state index in [1.165, 1.54) is 22.0 Å². The second-order valence-corrected chi connectivity index (χ2v) is 36.4. The van der Waals surface area contributed by atoms with Crippen molar-refractivity contribution in [3.05, 3.63) is 180 Å². The van der Waals surface area contributed by atoms with E-state index in [0.717, 1.165) is 106 Å². The number of carbonyl (C=O) groups is 9. The molecule has 9 amide bonds. The maximum Gasteiger partial charge on any atom is 0.261 e. The highest BCUT2D eigenvalue weighted by atomic mass is 19.3. The van der Waals surface area contributed by atoms with Crippen LogP contribution in [0, 0.1) is 28.1 Å². The minimum Gasteiger partial charge on any atom is -0.484 e. The molecule has 694 valence electrons. The molecule has 8 aliphatic heterocycles. The number of hydrazine groups is 3. The third-order valence-electron chi connectivity index (χ3n) is 26.0. The molecule has 0 unspecified atom stereocenters. The Morgan fingerprint density at radius 3 is 1.05 bits per heavy atom. The second kappa shape index (κ2) is 41.8. The number of allylic oxidation sites excluding steroid dienone is 1. The Kier molecular flexibility index (Phi) is 30.4. The van der Waals surface area contributed by atoms with Gasteiger partial charge in [0.2, 0.25) is 24.1 Å². The van der Waals surface area contributed by atoms with E-state index in [1.54, 1.807) is 27.7 Å². The predicted molar refractivity (Wildman–Crippen MR) is 483 cm³/mol. The first-order valence-corrected chi connectivity index (χ1v) is 45.3. The summed E-state index contributed by atoms with van der Waals surface area (Å²) in [4.78, 5) is 135. The van der Waals surface area contributed by atoms with E-state index in [1.807, 2.05) is 148 Å². The van der Waals surface area contributed by atoms with Crippen LogP contribution in [0.2, 0.25) is 0 Å². The topological polar surface area (TPSA) is 375 Å². The molecule has 2 saturated carbocycles. The van der Waals surface area contributed by atoms with Crippen LogP contribution < -0.4 is 48.2 Å². The molecule has 5 saturated heterocycles.